The third-order valence-electron chi connectivity index (χ3n) is 1.86. The molecule has 0 aliphatic carbocycles. The summed E-state index contributed by atoms with van der Waals surface area (Å²) < 4.78 is 9.46. The molecule has 0 spiro atoms. The summed E-state index contributed by atoms with van der Waals surface area (Å²) >= 11 is 0. The molecule has 13 heavy (non-hydrogen) atoms. The van der Waals surface area contributed by atoms with E-state index in [-0.39, 0.29) is 17.9 Å². The zero-order valence-corrected chi connectivity index (χ0v) is 8.49. The molecule has 2 unspecified atom stereocenters. The number of hydrogen-bond donors (Lipinski definition) is 0. The summed E-state index contributed by atoms with van der Waals surface area (Å²) in [6, 6.07) is 0. The van der Waals surface area contributed by atoms with E-state index < -0.39 is 6.10 Å². The zero-order chi connectivity index (χ0) is 10.4. The van der Waals surface area contributed by atoms with Gasteiger partial charge in [-0.15, -0.1) is 0 Å². The number of methoxy groups -OCH3 is 1. The third kappa shape index (κ3) is 3.92. The van der Waals surface area contributed by atoms with Crippen molar-refractivity contribution in [2.45, 2.75) is 33.3 Å². The minimum atomic E-state index is -0.421. The molecule has 0 heterocycles. The number of esters is 2. The number of carbonyl (C=O) groups is 2. The first kappa shape index (κ1) is 11.9. The molecule has 4 heteroatoms. The lowest BCUT2D eigenvalue weighted by Crippen LogP contribution is -2.30. The SMILES string of the molecule is CCC(C(=O)OC)C(C)OC(C)=O. The molecule has 0 radical (unpaired) electrons. The summed E-state index contributed by atoms with van der Waals surface area (Å²) in [4.78, 5) is 21.8. The van der Waals surface area contributed by atoms with Gasteiger partial charge in [0, 0.05) is 6.92 Å². The van der Waals surface area contributed by atoms with Crippen molar-refractivity contribution in [1.29, 1.82) is 0 Å². The summed E-state index contributed by atoms with van der Waals surface area (Å²) in [5.74, 6) is -1.08. The maximum absolute atomic E-state index is 11.2. The number of ether oxygens (including phenoxy) is 2. The predicted molar refractivity (Wildman–Crippen MR) is 47.0 cm³/mol. The van der Waals surface area contributed by atoms with Crippen LogP contribution >= 0.6 is 0 Å². The smallest absolute Gasteiger partial charge is 0.312 e. The number of hydrogen-bond acceptors (Lipinski definition) is 4. The van der Waals surface area contributed by atoms with Crippen LogP contribution in [-0.2, 0) is 19.1 Å². The van der Waals surface area contributed by atoms with E-state index in [4.69, 9.17) is 4.74 Å². The lowest BCUT2D eigenvalue weighted by atomic mass is 10.0. The van der Waals surface area contributed by atoms with Gasteiger partial charge in [0.25, 0.3) is 0 Å². The van der Waals surface area contributed by atoms with Crippen LogP contribution in [0.2, 0.25) is 0 Å². The summed E-state index contributed by atoms with van der Waals surface area (Å²) in [6.45, 7) is 4.86. The normalized spacial score (nSPS) is 14.5. The Hall–Kier alpha value is -1.06. The highest BCUT2D eigenvalue weighted by Gasteiger charge is 2.26. The van der Waals surface area contributed by atoms with Gasteiger partial charge in [0.1, 0.15) is 6.10 Å². The van der Waals surface area contributed by atoms with Gasteiger partial charge < -0.3 is 9.47 Å². The van der Waals surface area contributed by atoms with Crippen molar-refractivity contribution >= 4 is 11.9 Å². The van der Waals surface area contributed by atoms with Crippen LogP contribution < -0.4 is 0 Å². The summed E-state index contributed by atoms with van der Waals surface area (Å²) in [6.07, 6.45) is 0.177. The minimum Gasteiger partial charge on any atom is -0.469 e. The maximum Gasteiger partial charge on any atom is 0.312 e. The molecule has 0 saturated heterocycles. The van der Waals surface area contributed by atoms with Crippen LogP contribution in [0.5, 0.6) is 0 Å². The quantitative estimate of drug-likeness (QED) is 0.621. The van der Waals surface area contributed by atoms with Gasteiger partial charge in [0.15, 0.2) is 0 Å². The van der Waals surface area contributed by atoms with Gasteiger partial charge in [-0.05, 0) is 13.3 Å². The average molecular weight is 188 g/mol. The Bertz CT molecular complexity index is 188. The van der Waals surface area contributed by atoms with Crippen LogP contribution in [0.3, 0.4) is 0 Å². The molecule has 4 nitrogen and oxygen atoms in total. The van der Waals surface area contributed by atoms with Crippen molar-refractivity contribution in [2.75, 3.05) is 7.11 Å². The molecule has 0 amide bonds. The van der Waals surface area contributed by atoms with E-state index in [9.17, 15) is 9.59 Å². The van der Waals surface area contributed by atoms with Crippen molar-refractivity contribution in [2.24, 2.45) is 5.92 Å². The monoisotopic (exact) mass is 188 g/mol. The van der Waals surface area contributed by atoms with Crippen molar-refractivity contribution in [3.8, 4) is 0 Å². The topological polar surface area (TPSA) is 52.6 Å². The molecule has 0 rings (SSSR count). The van der Waals surface area contributed by atoms with E-state index in [0.29, 0.717) is 6.42 Å². The molecule has 2 atom stereocenters. The standard InChI is InChI=1S/C9H16O4/c1-5-8(9(11)12-4)6(2)13-7(3)10/h6,8H,5H2,1-4H3. The van der Waals surface area contributed by atoms with Crippen LogP contribution in [0.4, 0.5) is 0 Å². The van der Waals surface area contributed by atoms with E-state index >= 15 is 0 Å². The molecule has 0 aliphatic heterocycles. The lowest BCUT2D eigenvalue weighted by Gasteiger charge is -2.19. The molecular formula is C9H16O4. The molecular weight excluding hydrogens is 172 g/mol. The molecule has 0 aliphatic rings. The van der Waals surface area contributed by atoms with E-state index in [0.717, 1.165) is 0 Å². The fourth-order valence-electron chi connectivity index (χ4n) is 1.19. The Morgan fingerprint density at radius 3 is 2.23 bits per heavy atom. The molecule has 0 aromatic heterocycles. The van der Waals surface area contributed by atoms with Crippen LogP contribution in [0, 0.1) is 5.92 Å². The predicted octanol–water partition coefficient (Wildman–Crippen LogP) is 1.14. The third-order valence-corrected chi connectivity index (χ3v) is 1.86. The fraction of sp³-hybridized carbons (Fsp3) is 0.778. The Labute approximate surface area is 78.2 Å². The van der Waals surface area contributed by atoms with Crippen LogP contribution in [0.15, 0.2) is 0 Å². The highest BCUT2D eigenvalue weighted by atomic mass is 16.6. The maximum atomic E-state index is 11.2. The molecule has 0 fully saturated rings. The summed E-state index contributed by atoms with van der Waals surface area (Å²) in [5, 5.41) is 0. The molecule has 0 aromatic rings. The van der Waals surface area contributed by atoms with E-state index in [2.05, 4.69) is 4.74 Å². The first-order valence-corrected chi connectivity index (χ1v) is 4.28. The van der Waals surface area contributed by atoms with Crippen LogP contribution in [0.25, 0.3) is 0 Å². The lowest BCUT2D eigenvalue weighted by molar-refractivity contribution is -0.157. The van der Waals surface area contributed by atoms with Gasteiger partial charge in [-0.1, -0.05) is 6.92 Å². The van der Waals surface area contributed by atoms with Crippen molar-refractivity contribution in [1.82, 2.24) is 0 Å². The number of rotatable bonds is 4. The Balaban J connectivity index is 4.22. The first-order valence-electron chi connectivity index (χ1n) is 4.28. The van der Waals surface area contributed by atoms with Gasteiger partial charge in [-0.3, -0.25) is 9.59 Å². The molecule has 0 bridgehead atoms. The highest BCUT2D eigenvalue weighted by Crippen LogP contribution is 2.13. The first-order chi connectivity index (χ1) is 6.02. The Morgan fingerprint density at radius 2 is 1.92 bits per heavy atom. The average Bonchev–Trinajstić information content (AvgIpc) is 2.03. The Morgan fingerprint density at radius 1 is 1.38 bits per heavy atom. The molecule has 76 valence electrons. The molecule has 0 aromatic carbocycles. The summed E-state index contributed by atoms with van der Waals surface area (Å²) in [7, 11) is 1.32. The van der Waals surface area contributed by atoms with Gasteiger partial charge in [-0.2, -0.15) is 0 Å². The van der Waals surface area contributed by atoms with Crippen molar-refractivity contribution in [3.05, 3.63) is 0 Å². The zero-order valence-electron chi connectivity index (χ0n) is 8.49. The van der Waals surface area contributed by atoms with Gasteiger partial charge in [-0.25, -0.2) is 0 Å². The molecule has 0 N–H and O–H groups in total. The largest absolute Gasteiger partial charge is 0.469 e. The van der Waals surface area contributed by atoms with E-state index in [1.54, 1.807) is 6.92 Å². The van der Waals surface area contributed by atoms with E-state index in [1.807, 2.05) is 6.92 Å². The number of carbonyl (C=O) groups excluding carboxylic acids is 2. The van der Waals surface area contributed by atoms with Gasteiger partial charge >= 0.3 is 11.9 Å². The molecule has 0 saturated carbocycles. The van der Waals surface area contributed by atoms with Gasteiger partial charge in [0.05, 0.1) is 13.0 Å². The second-order valence-corrected chi connectivity index (χ2v) is 2.85. The second-order valence-electron chi connectivity index (χ2n) is 2.85. The Kier molecular flexibility index (Phi) is 5.11. The van der Waals surface area contributed by atoms with Crippen LogP contribution in [-0.4, -0.2) is 25.2 Å². The van der Waals surface area contributed by atoms with Gasteiger partial charge in [0.2, 0.25) is 0 Å². The van der Waals surface area contributed by atoms with Crippen molar-refractivity contribution < 1.29 is 19.1 Å². The summed E-state index contributed by atoms with van der Waals surface area (Å²) in [5.41, 5.74) is 0. The van der Waals surface area contributed by atoms with E-state index in [1.165, 1.54) is 14.0 Å². The second kappa shape index (κ2) is 5.56. The van der Waals surface area contributed by atoms with Crippen molar-refractivity contribution in [3.63, 3.8) is 0 Å². The van der Waals surface area contributed by atoms with Crippen LogP contribution in [0.1, 0.15) is 27.2 Å². The minimum absolute atomic E-state index is 0.337. The highest BCUT2D eigenvalue weighted by molar-refractivity contribution is 5.73. The fourth-order valence-corrected chi connectivity index (χ4v) is 1.19.